The van der Waals surface area contributed by atoms with Gasteiger partial charge in [-0.1, -0.05) is 25.1 Å². The van der Waals surface area contributed by atoms with Gasteiger partial charge in [-0.3, -0.25) is 0 Å². The quantitative estimate of drug-likeness (QED) is 0.807. The molecule has 1 aliphatic rings. The van der Waals surface area contributed by atoms with Gasteiger partial charge >= 0.3 is 12.2 Å². The molecule has 0 fully saturated rings. The first-order valence-electron chi connectivity index (χ1n) is 7.27. The Balaban J connectivity index is 1.97. The molecule has 0 saturated heterocycles. The summed E-state index contributed by atoms with van der Waals surface area (Å²) in [7, 11) is 0. The molecule has 0 aliphatic carbocycles. The van der Waals surface area contributed by atoms with Crippen LogP contribution >= 0.6 is 0 Å². The number of carbonyl (C=O) groups is 1. The Kier molecular flexibility index (Phi) is 3.75. The minimum Gasteiger partial charge on any atom is -0.331 e. The molecule has 120 valence electrons. The number of carbonyl (C=O) groups excluding carboxylic acids is 1. The van der Waals surface area contributed by atoms with E-state index in [1.807, 2.05) is 13.0 Å². The monoisotopic (exact) mass is 320 g/mol. The standard InChI is InChI=1S/C17H15F3N2O/c1-2-14-13-9-11(5-8-15(13)22-16(23)21-14)10-3-6-12(7-4-10)17(18,19)20/h3-9,14H,2H2,1H3,(H2,21,22,23). The largest absolute Gasteiger partial charge is 0.416 e. The van der Waals surface area contributed by atoms with Crippen molar-refractivity contribution in [1.82, 2.24) is 5.32 Å². The number of alkyl halides is 3. The SMILES string of the molecule is CCC1NC(=O)Nc2ccc(-c3ccc(C(F)(F)F)cc3)cc21. The molecule has 1 heterocycles. The molecule has 3 nitrogen and oxygen atoms in total. The third-order valence-corrected chi connectivity index (χ3v) is 3.93. The molecule has 2 amide bonds. The van der Waals surface area contributed by atoms with E-state index in [9.17, 15) is 18.0 Å². The Morgan fingerprint density at radius 2 is 1.70 bits per heavy atom. The van der Waals surface area contributed by atoms with Crippen molar-refractivity contribution < 1.29 is 18.0 Å². The van der Waals surface area contributed by atoms with Gasteiger partial charge in [0.2, 0.25) is 0 Å². The number of fused-ring (bicyclic) bond motifs is 1. The maximum atomic E-state index is 12.6. The highest BCUT2D eigenvalue weighted by Crippen LogP contribution is 2.34. The van der Waals surface area contributed by atoms with Crippen LogP contribution in [-0.4, -0.2) is 6.03 Å². The average Bonchev–Trinajstić information content (AvgIpc) is 2.53. The van der Waals surface area contributed by atoms with Crippen molar-refractivity contribution in [1.29, 1.82) is 0 Å². The van der Waals surface area contributed by atoms with E-state index in [-0.39, 0.29) is 12.1 Å². The molecule has 0 spiro atoms. The lowest BCUT2D eigenvalue weighted by molar-refractivity contribution is -0.137. The minimum absolute atomic E-state index is 0.104. The summed E-state index contributed by atoms with van der Waals surface area (Å²) in [5.74, 6) is 0. The van der Waals surface area contributed by atoms with Gasteiger partial charge in [0.25, 0.3) is 0 Å². The third-order valence-electron chi connectivity index (χ3n) is 3.93. The van der Waals surface area contributed by atoms with Crippen LogP contribution in [0, 0.1) is 0 Å². The predicted octanol–water partition coefficient (Wildman–Crippen LogP) is 4.96. The molecule has 3 rings (SSSR count). The van der Waals surface area contributed by atoms with Crippen LogP contribution in [0.15, 0.2) is 42.5 Å². The zero-order valence-corrected chi connectivity index (χ0v) is 12.4. The Labute approximate surface area is 131 Å². The smallest absolute Gasteiger partial charge is 0.331 e. The zero-order valence-electron chi connectivity index (χ0n) is 12.4. The molecule has 23 heavy (non-hydrogen) atoms. The summed E-state index contributed by atoms with van der Waals surface area (Å²) in [5.41, 5.74) is 2.52. The van der Waals surface area contributed by atoms with Crippen LogP contribution in [0.5, 0.6) is 0 Å². The highest BCUT2D eigenvalue weighted by molar-refractivity contribution is 5.93. The lowest BCUT2D eigenvalue weighted by Gasteiger charge is -2.27. The van der Waals surface area contributed by atoms with Gasteiger partial charge in [-0.25, -0.2) is 4.79 Å². The van der Waals surface area contributed by atoms with Gasteiger partial charge in [-0.2, -0.15) is 13.2 Å². The molecule has 0 bridgehead atoms. The van der Waals surface area contributed by atoms with Crippen LogP contribution in [-0.2, 0) is 6.18 Å². The van der Waals surface area contributed by atoms with E-state index >= 15 is 0 Å². The minimum atomic E-state index is -4.34. The molecule has 0 radical (unpaired) electrons. The van der Waals surface area contributed by atoms with E-state index in [2.05, 4.69) is 10.6 Å². The molecule has 1 unspecified atom stereocenters. The third kappa shape index (κ3) is 3.02. The highest BCUT2D eigenvalue weighted by Gasteiger charge is 2.30. The molecule has 1 atom stereocenters. The topological polar surface area (TPSA) is 41.1 Å². The molecular formula is C17H15F3N2O. The fourth-order valence-corrected chi connectivity index (χ4v) is 2.71. The number of nitrogens with one attached hydrogen (secondary N) is 2. The second kappa shape index (κ2) is 5.61. The van der Waals surface area contributed by atoms with Crippen LogP contribution < -0.4 is 10.6 Å². The first-order chi connectivity index (χ1) is 10.9. The number of hydrogen-bond donors (Lipinski definition) is 2. The Bertz CT molecular complexity index is 738. The maximum Gasteiger partial charge on any atom is 0.416 e. The lowest BCUT2D eigenvalue weighted by Crippen LogP contribution is -2.37. The van der Waals surface area contributed by atoms with Crippen LogP contribution in [0.1, 0.15) is 30.5 Å². The molecule has 1 aliphatic heterocycles. The van der Waals surface area contributed by atoms with Gasteiger partial charge in [-0.05, 0) is 47.4 Å². The fourth-order valence-electron chi connectivity index (χ4n) is 2.71. The van der Waals surface area contributed by atoms with Crippen molar-refractivity contribution in [3.8, 4) is 11.1 Å². The number of amides is 2. The second-order valence-corrected chi connectivity index (χ2v) is 5.44. The first-order valence-corrected chi connectivity index (χ1v) is 7.27. The number of benzene rings is 2. The molecular weight excluding hydrogens is 305 g/mol. The van der Waals surface area contributed by atoms with E-state index in [1.165, 1.54) is 12.1 Å². The van der Waals surface area contributed by atoms with Crippen LogP contribution in [0.25, 0.3) is 11.1 Å². The van der Waals surface area contributed by atoms with Gasteiger partial charge in [-0.15, -0.1) is 0 Å². The fraction of sp³-hybridized carbons (Fsp3) is 0.235. The van der Waals surface area contributed by atoms with Gasteiger partial charge in [0.15, 0.2) is 0 Å². The van der Waals surface area contributed by atoms with Gasteiger partial charge in [0, 0.05) is 5.69 Å². The summed E-state index contributed by atoms with van der Waals surface area (Å²) >= 11 is 0. The molecule has 0 saturated carbocycles. The number of rotatable bonds is 2. The van der Waals surface area contributed by atoms with Crippen molar-refractivity contribution >= 4 is 11.7 Å². The van der Waals surface area contributed by atoms with Crippen LogP contribution in [0.3, 0.4) is 0 Å². The van der Waals surface area contributed by atoms with E-state index in [0.717, 1.165) is 35.4 Å². The van der Waals surface area contributed by atoms with Crippen molar-refractivity contribution in [2.75, 3.05) is 5.32 Å². The average molecular weight is 320 g/mol. The van der Waals surface area contributed by atoms with Crippen molar-refractivity contribution in [2.45, 2.75) is 25.6 Å². The molecule has 2 aromatic rings. The van der Waals surface area contributed by atoms with Crippen molar-refractivity contribution in [3.63, 3.8) is 0 Å². The number of urea groups is 1. The van der Waals surface area contributed by atoms with E-state index in [1.54, 1.807) is 12.1 Å². The lowest BCUT2D eigenvalue weighted by atomic mass is 9.95. The van der Waals surface area contributed by atoms with Gasteiger partial charge in [0.05, 0.1) is 11.6 Å². The number of hydrogen-bond acceptors (Lipinski definition) is 1. The van der Waals surface area contributed by atoms with Crippen molar-refractivity contribution in [2.24, 2.45) is 0 Å². The van der Waals surface area contributed by atoms with E-state index in [0.29, 0.717) is 5.56 Å². The molecule has 2 aromatic carbocycles. The summed E-state index contributed by atoms with van der Waals surface area (Å²) in [6.45, 7) is 1.96. The summed E-state index contributed by atoms with van der Waals surface area (Å²) in [6, 6.07) is 10.2. The van der Waals surface area contributed by atoms with Crippen LogP contribution in [0.4, 0.5) is 23.7 Å². The summed E-state index contributed by atoms with van der Waals surface area (Å²) < 4.78 is 37.9. The van der Waals surface area contributed by atoms with Gasteiger partial charge in [0.1, 0.15) is 0 Å². The normalized spacial score (nSPS) is 17.2. The predicted molar refractivity (Wildman–Crippen MR) is 82.1 cm³/mol. The summed E-state index contributed by atoms with van der Waals surface area (Å²) in [4.78, 5) is 11.6. The number of anilines is 1. The molecule has 6 heteroatoms. The summed E-state index contributed by atoms with van der Waals surface area (Å²) in [5, 5.41) is 5.56. The van der Waals surface area contributed by atoms with Crippen LogP contribution in [0.2, 0.25) is 0 Å². The number of halogens is 3. The second-order valence-electron chi connectivity index (χ2n) is 5.44. The van der Waals surface area contributed by atoms with E-state index < -0.39 is 11.7 Å². The molecule has 0 aromatic heterocycles. The summed E-state index contributed by atoms with van der Waals surface area (Å²) in [6.07, 6.45) is -3.60. The van der Waals surface area contributed by atoms with Crippen molar-refractivity contribution in [3.05, 3.63) is 53.6 Å². The zero-order chi connectivity index (χ0) is 16.6. The maximum absolute atomic E-state index is 12.6. The Morgan fingerprint density at radius 3 is 2.30 bits per heavy atom. The first kappa shape index (κ1) is 15.4. The van der Waals surface area contributed by atoms with Gasteiger partial charge < -0.3 is 10.6 Å². The highest BCUT2D eigenvalue weighted by atomic mass is 19.4. The Morgan fingerprint density at radius 1 is 1.04 bits per heavy atom. The van der Waals surface area contributed by atoms with E-state index in [4.69, 9.17) is 0 Å². The Hall–Kier alpha value is -2.50. The molecule has 2 N–H and O–H groups in total.